The summed E-state index contributed by atoms with van der Waals surface area (Å²) >= 11 is 0. The van der Waals surface area contributed by atoms with E-state index in [1.807, 2.05) is 12.1 Å². The van der Waals surface area contributed by atoms with Gasteiger partial charge in [0.05, 0.1) is 12.2 Å². The third-order valence-corrected chi connectivity index (χ3v) is 2.07. The van der Waals surface area contributed by atoms with Crippen LogP contribution in [-0.4, -0.2) is 18.3 Å². The maximum absolute atomic E-state index is 8.80. The molecular weight excluding hydrogens is 190 g/mol. The van der Waals surface area contributed by atoms with E-state index in [1.165, 1.54) is 0 Å². The topological polar surface area (TPSA) is 53.2 Å². The lowest BCUT2D eigenvalue weighted by molar-refractivity contribution is 0.266. The number of para-hydroxylation sites is 1. The fourth-order valence-corrected chi connectivity index (χ4v) is 1.26. The molecule has 15 heavy (non-hydrogen) atoms. The standard InChI is InChI=1S/C12H15NO2/c13-10-11-6-2-3-7-12(11)15-9-5-1-4-8-14/h2-3,6-7,14H,1,4-5,8-9H2. The lowest BCUT2D eigenvalue weighted by atomic mass is 10.2. The molecule has 1 N–H and O–H groups in total. The first-order chi connectivity index (χ1) is 7.38. The van der Waals surface area contributed by atoms with Crippen molar-refractivity contribution in [3.8, 4) is 11.8 Å². The van der Waals surface area contributed by atoms with Crippen LogP contribution >= 0.6 is 0 Å². The van der Waals surface area contributed by atoms with Crippen LogP contribution in [0.15, 0.2) is 24.3 Å². The third kappa shape index (κ3) is 4.01. The van der Waals surface area contributed by atoms with E-state index in [4.69, 9.17) is 15.1 Å². The molecule has 0 saturated carbocycles. The number of hydrogen-bond donors (Lipinski definition) is 1. The Balaban J connectivity index is 2.34. The molecule has 0 aliphatic rings. The van der Waals surface area contributed by atoms with E-state index in [-0.39, 0.29) is 6.61 Å². The quantitative estimate of drug-likeness (QED) is 0.723. The monoisotopic (exact) mass is 205 g/mol. The third-order valence-electron chi connectivity index (χ3n) is 2.07. The van der Waals surface area contributed by atoms with Crippen molar-refractivity contribution >= 4 is 0 Å². The summed E-state index contributed by atoms with van der Waals surface area (Å²) in [7, 11) is 0. The number of unbranched alkanes of at least 4 members (excludes halogenated alkanes) is 2. The molecule has 0 fully saturated rings. The second kappa shape index (κ2) is 6.86. The summed E-state index contributed by atoms with van der Waals surface area (Å²) in [5.74, 6) is 0.643. The van der Waals surface area contributed by atoms with Crippen LogP contribution in [-0.2, 0) is 0 Å². The normalized spacial score (nSPS) is 9.60. The summed E-state index contributed by atoms with van der Waals surface area (Å²) in [5.41, 5.74) is 0.569. The fraction of sp³-hybridized carbons (Fsp3) is 0.417. The van der Waals surface area contributed by atoms with Crippen LogP contribution in [0, 0.1) is 11.3 Å². The van der Waals surface area contributed by atoms with Crippen molar-refractivity contribution in [1.29, 1.82) is 5.26 Å². The van der Waals surface area contributed by atoms with Gasteiger partial charge in [0.2, 0.25) is 0 Å². The maximum atomic E-state index is 8.80. The Morgan fingerprint density at radius 2 is 2.00 bits per heavy atom. The minimum atomic E-state index is 0.231. The molecule has 0 aromatic heterocycles. The zero-order chi connectivity index (χ0) is 10.9. The van der Waals surface area contributed by atoms with E-state index < -0.39 is 0 Å². The smallest absolute Gasteiger partial charge is 0.137 e. The van der Waals surface area contributed by atoms with E-state index in [0.29, 0.717) is 17.9 Å². The zero-order valence-electron chi connectivity index (χ0n) is 8.65. The summed E-state index contributed by atoms with van der Waals surface area (Å²) in [4.78, 5) is 0. The fourth-order valence-electron chi connectivity index (χ4n) is 1.26. The lowest BCUT2D eigenvalue weighted by Crippen LogP contribution is -1.99. The minimum Gasteiger partial charge on any atom is -0.492 e. The molecule has 3 heteroatoms. The zero-order valence-corrected chi connectivity index (χ0v) is 8.65. The highest BCUT2D eigenvalue weighted by Gasteiger charge is 2.00. The van der Waals surface area contributed by atoms with Gasteiger partial charge in [-0.15, -0.1) is 0 Å². The Kier molecular flexibility index (Phi) is 5.28. The Bertz CT molecular complexity index is 331. The number of nitriles is 1. The first kappa shape index (κ1) is 11.5. The first-order valence-corrected chi connectivity index (χ1v) is 5.11. The lowest BCUT2D eigenvalue weighted by Gasteiger charge is -2.06. The molecule has 0 radical (unpaired) electrons. The van der Waals surface area contributed by atoms with Gasteiger partial charge in [0.1, 0.15) is 11.8 Å². The Morgan fingerprint density at radius 1 is 1.20 bits per heavy atom. The van der Waals surface area contributed by atoms with Crippen molar-refractivity contribution in [2.75, 3.05) is 13.2 Å². The van der Waals surface area contributed by atoms with E-state index in [1.54, 1.807) is 12.1 Å². The summed E-state index contributed by atoms with van der Waals surface area (Å²) in [6, 6.07) is 9.29. The van der Waals surface area contributed by atoms with Crippen molar-refractivity contribution in [2.45, 2.75) is 19.3 Å². The Labute approximate surface area is 89.9 Å². The van der Waals surface area contributed by atoms with Crippen LogP contribution in [0.3, 0.4) is 0 Å². The van der Waals surface area contributed by atoms with Crippen molar-refractivity contribution in [3.63, 3.8) is 0 Å². The van der Waals surface area contributed by atoms with Crippen molar-refractivity contribution in [1.82, 2.24) is 0 Å². The number of benzene rings is 1. The highest BCUT2D eigenvalue weighted by Crippen LogP contribution is 2.16. The van der Waals surface area contributed by atoms with Gasteiger partial charge in [0.15, 0.2) is 0 Å². The first-order valence-electron chi connectivity index (χ1n) is 5.11. The molecule has 0 bridgehead atoms. The van der Waals surface area contributed by atoms with Crippen LogP contribution in [0.1, 0.15) is 24.8 Å². The number of rotatable bonds is 6. The summed E-state index contributed by atoms with van der Waals surface area (Å²) in [5, 5.41) is 17.4. The molecule has 1 aromatic rings. The van der Waals surface area contributed by atoms with E-state index in [2.05, 4.69) is 6.07 Å². The number of ether oxygens (including phenoxy) is 1. The van der Waals surface area contributed by atoms with Crippen LogP contribution in [0.25, 0.3) is 0 Å². The van der Waals surface area contributed by atoms with Crippen molar-refractivity contribution in [2.24, 2.45) is 0 Å². The van der Waals surface area contributed by atoms with Crippen molar-refractivity contribution in [3.05, 3.63) is 29.8 Å². The van der Waals surface area contributed by atoms with Gasteiger partial charge in [-0.25, -0.2) is 0 Å². The summed E-state index contributed by atoms with van der Waals surface area (Å²) in [6.45, 7) is 0.827. The highest BCUT2D eigenvalue weighted by atomic mass is 16.5. The van der Waals surface area contributed by atoms with Gasteiger partial charge in [-0.05, 0) is 31.4 Å². The second-order valence-corrected chi connectivity index (χ2v) is 3.24. The minimum absolute atomic E-state index is 0.231. The van der Waals surface area contributed by atoms with Gasteiger partial charge in [-0.1, -0.05) is 12.1 Å². The molecule has 1 rings (SSSR count). The van der Waals surface area contributed by atoms with Crippen molar-refractivity contribution < 1.29 is 9.84 Å². The molecule has 0 heterocycles. The van der Waals surface area contributed by atoms with Gasteiger partial charge in [-0.2, -0.15) is 5.26 Å². The highest BCUT2D eigenvalue weighted by molar-refractivity contribution is 5.42. The van der Waals surface area contributed by atoms with Crippen LogP contribution in [0.5, 0.6) is 5.75 Å². The van der Waals surface area contributed by atoms with Gasteiger partial charge < -0.3 is 9.84 Å². The predicted molar refractivity (Wildman–Crippen MR) is 57.6 cm³/mol. The van der Waals surface area contributed by atoms with Gasteiger partial charge in [0.25, 0.3) is 0 Å². The van der Waals surface area contributed by atoms with Crippen LogP contribution < -0.4 is 4.74 Å². The molecular formula is C12H15NO2. The average molecular weight is 205 g/mol. The van der Waals surface area contributed by atoms with Crippen LogP contribution in [0.4, 0.5) is 0 Å². The predicted octanol–water partition coefficient (Wildman–Crippen LogP) is 2.10. The number of hydrogen-bond acceptors (Lipinski definition) is 3. The van der Waals surface area contributed by atoms with Gasteiger partial charge in [-0.3, -0.25) is 0 Å². The molecule has 0 aliphatic heterocycles. The van der Waals surface area contributed by atoms with Gasteiger partial charge >= 0.3 is 0 Å². The summed E-state index contributed by atoms with van der Waals surface area (Å²) < 4.78 is 5.47. The molecule has 0 spiro atoms. The van der Waals surface area contributed by atoms with E-state index in [0.717, 1.165) is 19.3 Å². The molecule has 0 saturated heterocycles. The Hall–Kier alpha value is -1.53. The average Bonchev–Trinajstić information content (AvgIpc) is 2.29. The van der Waals surface area contributed by atoms with E-state index in [9.17, 15) is 0 Å². The van der Waals surface area contributed by atoms with Crippen LogP contribution in [0.2, 0.25) is 0 Å². The molecule has 0 aliphatic carbocycles. The van der Waals surface area contributed by atoms with Gasteiger partial charge in [0, 0.05) is 6.61 Å². The maximum Gasteiger partial charge on any atom is 0.137 e. The SMILES string of the molecule is N#Cc1ccccc1OCCCCCO. The molecule has 0 unspecified atom stereocenters. The summed E-state index contributed by atoms with van der Waals surface area (Å²) in [6.07, 6.45) is 2.66. The molecule has 0 atom stereocenters. The van der Waals surface area contributed by atoms with E-state index >= 15 is 0 Å². The molecule has 80 valence electrons. The largest absolute Gasteiger partial charge is 0.492 e. The molecule has 0 amide bonds. The molecule has 3 nitrogen and oxygen atoms in total. The number of aliphatic hydroxyl groups excluding tert-OH is 1. The second-order valence-electron chi connectivity index (χ2n) is 3.24. The molecule has 1 aromatic carbocycles. The number of aliphatic hydroxyl groups is 1. The number of nitrogens with zero attached hydrogens (tertiary/aromatic N) is 1. The Morgan fingerprint density at radius 3 is 2.73 bits per heavy atom.